The zero-order chi connectivity index (χ0) is 14.3. The number of carbonyl (C=O) groups is 1. The number of carbonyl (C=O) groups excluding carboxylic acids is 1. The summed E-state index contributed by atoms with van der Waals surface area (Å²) in [6.07, 6.45) is 1.63. The summed E-state index contributed by atoms with van der Waals surface area (Å²) >= 11 is 0. The smallest absolute Gasteiger partial charge is 0.237 e. The molecule has 4 nitrogen and oxygen atoms in total. The molecule has 1 aromatic rings. The van der Waals surface area contributed by atoms with Crippen LogP contribution in [0.15, 0.2) is 30.3 Å². The van der Waals surface area contributed by atoms with Gasteiger partial charge in [0.05, 0.1) is 12.1 Å². The van der Waals surface area contributed by atoms with Crippen LogP contribution < -0.4 is 11.1 Å². The molecule has 122 valence electrons. The van der Waals surface area contributed by atoms with E-state index in [4.69, 9.17) is 5.73 Å². The van der Waals surface area contributed by atoms with Gasteiger partial charge in [-0.15, -0.1) is 24.8 Å². The number of nitrogens with zero attached hydrogens (tertiary/aromatic N) is 1. The molecule has 0 saturated carbocycles. The van der Waals surface area contributed by atoms with Gasteiger partial charge in [-0.25, -0.2) is 0 Å². The minimum Gasteiger partial charge on any atom is -0.347 e. The lowest BCUT2D eigenvalue weighted by Gasteiger charge is -2.24. The molecule has 1 amide bonds. The fourth-order valence-corrected chi connectivity index (χ4v) is 2.01. The number of nitrogens with one attached hydrogen (secondary N) is 1. The molecule has 0 aromatic heterocycles. The predicted molar refractivity (Wildman–Crippen MR) is 93.3 cm³/mol. The maximum atomic E-state index is 12.0. The molecule has 21 heavy (non-hydrogen) atoms. The van der Waals surface area contributed by atoms with Crippen LogP contribution in [0.1, 0.15) is 31.4 Å². The number of likely N-dealkylation sites (N-methyl/N-ethyl adjacent to an activating group) is 1. The van der Waals surface area contributed by atoms with E-state index in [0.29, 0.717) is 0 Å². The third-order valence-corrected chi connectivity index (χ3v) is 3.00. The monoisotopic (exact) mass is 335 g/mol. The summed E-state index contributed by atoms with van der Waals surface area (Å²) in [6, 6.07) is 9.55. The van der Waals surface area contributed by atoms with Crippen molar-refractivity contribution in [2.24, 2.45) is 5.73 Å². The third kappa shape index (κ3) is 8.27. The Morgan fingerprint density at radius 2 is 1.81 bits per heavy atom. The third-order valence-electron chi connectivity index (χ3n) is 3.00. The van der Waals surface area contributed by atoms with Crippen LogP contribution in [0.3, 0.4) is 0 Å². The zero-order valence-electron chi connectivity index (χ0n) is 12.9. The number of benzene rings is 1. The SMILES string of the molecule is CCCC(N)C(=O)NC(CN(C)C)c1ccccc1.Cl.Cl. The van der Waals surface area contributed by atoms with E-state index >= 15 is 0 Å². The molecule has 2 atom stereocenters. The lowest BCUT2D eigenvalue weighted by molar-refractivity contribution is -0.123. The van der Waals surface area contributed by atoms with E-state index in [0.717, 1.165) is 24.9 Å². The molecule has 2 unspecified atom stereocenters. The summed E-state index contributed by atoms with van der Waals surface area (Å²) in [7, 11) is 3.99. The van der Waals surface area contributed by atoms with E-state index < -0.39 is 6.04 Å². The Labute approximate surface area is 140 Å². The molecule has 0 aliphatic rings. The highest BCUT2D eigenvalue weighted by molar-refractivity contribution is 5.85. The van der Waals surface area contributed by atoms with Crippen LogP contribution in [0.2, 0.25) is 0 Å². The van der Waals surface area contributed by atoms with Crippen molar-refractivity contribution in [1.82, 2.24) is 10.2 Å². The van der Waals surface area contributed by atoms with Crippen molar-refractivity contribution >= 4 is 30.7 Å². The summed E-state index contributed by atoms with van der Waals surface area (Å²) in [5.74, 6) is -0.0717. The Bertz CT molecular complexity index is 388. The van der Waals surface area contributed by atoms with E-state index in [9.17, 15) is 4.79 Å². The number of rotatable bonds is 7. The fraction of sp³-hybridized carbons (Fsp3) is 0.533. The minimum atomic E-state index is -0.418. The Morgan fingerprint density at radius 3 is 2.29 bits per heavy atom. The highest BCUT2D eigenvalue weighted by Crippen LogP contribution is 2.13. The molecule has 0 heterocycles. The topological polar surface area (TPSA) is 58.4 Å². The Kier molecular flexibility index (Phi) is 12.6. The van der Waals surface area contributed by atoms with Gasteiger partial charge in [-0.2, -0.15) is 0 Å². The van der Waals surface area contributed by atoms with E-state index in [1.54, 1.807) is 0 Å². The lowest BCUT2D eigenvalue weighted by atomic mass is 10.1. The molecular formula is C15H27Cl2N3O. The van der Waals surface area contributed by atoms with Crippen molar-refractivity contribution in [2.45, 2.75) is 31.8 Å². The maximum Gasteiger partial charge on any atom is 0.237 e. The van der Waals surface area contributed by atoms with Gasteiger partial charge in [-0.05, 0) is 26.1 Å². The first-order valence-electron chi connectivity index (χ1n) is 6.80. The molecule has 0 fully saturated rings. The van der Waals surface area contributed by atoms with Crippen LogP contribution in [-0.4, -0.2) is 37.5 Å². The standard InChI is InChI=1S/C15H25N3O.2ClH/c1-4-8-13(16)15(19)17-14(11-18(2)3)12-9-6-5-7-10-12;;/h5-7,9-10,13-14H,4,8,11,16H2,1-3H3,(H,17,19);2*1H. The predicted octanol–water partition coefficient (Wildman–Crippen LogP) is 2.38. The van der Waals surface area contributed by atoms with Crippen LogP contribution in [0.4, 0.5) is 0 Å². The molecule has 0 aliphatic heterocycles. The van der Waals surface area contributed by atoms with Crippen molar-refractivity contribution in [2.75, 3.05) is 20.6 Å². The van der Waals surface area contributed by atoms with Crippen molar-refractivity contribution in [3.05, 3.63) is 35.9 Å². The number of hydrogen-bond donors (Lipinski definition) is 2. The molecule has 0 aliphatic carbocycles. The van der Waals surface area contributed by atoms with Crippen molar-refractivity contribution in [1.29, 1.82) is 0 Å². The van der Waals surface area contributed by atoms with Crippen molar-refractivity contribution < 1.29 is 4.79 Å². The lowest BCUT2D eigenvalue weighted by Crippen LogP contribution is -2.44. The zero-order valence-corrected chi connectivity index (χ0v) is 14.5. The van der Waals surface area contributed by atoms with Gasteiger partial charge in [0.25, 0.3) is 0 Å². The van der Waals surface area contributed by atoms with Crippen molar-refractivity contribution in [3.63, 3.8) is 0 Å². The fourth-order valence-electron chi connectivity index (χ4n) is 2.01. The van der Waals surface area contributed by atoms with Gasteiger partial charge in [0.1, 0.15) is 0 Å². The van der Waals surface area contributed by atoms with Gasteiger partial charge in [0.2, 0.25) is 5.91 Å². The Hall–Kier alpha value is -0.810. The second kappa shape index (κ2) is 11.8. The first-order chi connectivity index (χ1) is 9.04. The second-order valence-electron chi connectivity index (χ2n) is 5.13. The molecule has 0 radical (unpaired) electrons. The van der Waals surface area contributed by atoms with Gasteiger partial charge >= 0.3 is 0 Å². The molecule has 1 aromatic carbocycles. The first kappa shape index (κ1) is 22.5. The summed E-state index contributed by atoms with van der Waals surface area (Å²) < 4.78 is 0. The largest absolute Gasteiger partial charge is 0.347 e. The van der Waals surface area contributed by atoms with E-state index in [-0.39, 0.29) is 36.8 Å². The molecule has 0 bridgehead atoms. The summed E-state index contributed by atoms with van der Waals surface area (Å²) in [5.41, 5.74) is 6.96. The van der Waals surface area contributed by atoms with E-state index in [1.165, 1.54) is 0 Å². The molecule has 1 rings (SSSR count). The van der Waals surface area contributed by atoms with Gasteiger partial charge in [0, 0.05) is 6.54 Å². The molecule has 0 spiro atoms. The highest BCUT2D eigenvalue weighted by Gasteiger charge is 2.19. The minimum absolute atomic E-state index is 0. The first-order valence-corrected chi connectivity index (χ1v) is 6.80. The average molecular weight is 336 g/mol. The summed E-state index contributed by atoms with van der Waals surface area (Å²) in [6.45, 7) is 2.79. The van der Waals surface area contributed by atoms with Gasteiger partial charge in [0.15, 0.2) is 0 Å². The van der Waals surface area contributed by atoms with Crippen LogP contribution in [0, 0.1) is 0 Å². The quantitative estimate of drug-likeness (QED) is 0.804. The molecule has 6 heteroatoms. The van der Waals surface area contributed by atoms with Crippen LogP contribution in [0.5, 0.6) is 0 Å². The average Bonchev–Trinajstić information content (AvgIpc) is 2.38. The van der Waals surface area contributed by atoms with Crippen LogP contribution in [-0.2, 0) is 4.79 Å². The van der Waals surface area contributed by atoms with Gasteiger partial charge in [-0.1, -0.05) is 43.7 Å². The highest BCUT2D eigenvalue weighted by atomic mass is 35.5. The summed E-state index contributed by atoms with van der Waals surface area (Å²) in [5, 5.41) is 3.04. The van der Waals surface area contributed by atoms with E-state index in [1.807, 2.05) is 51.4 Å². The number of halogens is 2. The molecule has 0 saturated heterocycles. The van der Waals surface area contributed by atoms with Gasteiger partial charge in [-0.3, -0.25) is 4.79 Å². The second-order valence-corrected chi connectivity index (χ2v) is 5.13. The number of nitrogens with two attached hydrogens (primary N) is 1. The number of hydrogen-bond acceptors (Lipinski definition) is 3. The molecule has 3 N–H and O–H groups in total. The normalized spacial score (nSPS) is 12.8. The number of amides is 1. The summed E-state index contributed by atoms with van der Waals surface area (Å²) in [4.78, 5) is 14.1. The van der Waals surface area contributed by atoms with Gasteiger partial charge < -0.3 is 16.0 Å². The van der Waals surface area contributed by atoms with Crippen LogP contribution >= 0.6 is 24.8 Å². The Balaban J connectivity index is 0. The maximum absolute atomic E-state index is 12.0. The molecular weight excluding hydrogens is 309 g/mol. The van der Waals surface area contributed by atoms with E-state index in [2.05, 4.69) is 10.2 Å². The Morgan fingerprint density at radius 1 is 1.24 bits per heavy atom. The van der Waals surface area contributed by atoms with Crippen molar-refractivity contribution in [3.8, 4) is 0 Å². The van der Waals surface area contributed by atoms with Crippen LogP contribution in [0.25, 0.3) is 0 Å².